The third kappa shape index (κ3) is 2.46. The number of benzene rings is 1. The van der Waals surface area contributed by atoms with Crippen molar-refractivity contribution in [3.05, 3.63) is 71.2 Å². The molecule has 2 aromatic heterocycles. The number of aromatic carboxylic acids is 1. The zero-order valence-corrected chi connectivity index (χ0v) is 13.1. The molecule has 0 bridgehead atoms. The monoisotopic (exact) mass is 316 g/mol. The van der Waals surface area contributed by atoms with Crippen LogP contribution in [0.25, 0.3) is 22.6 Å². The lowest BCUT2D eigenvalue weighted by molar-refractivity contribution is 0.0697. The molecule has 24 heavy (non-hydrogen) atoms. The number of para-hydroxylation sites is 1. The van der Waals surface area contributed by atoms with Gasteiger partial charge in [-0.15, -0.1) is 0 Å². The molecule has 0 saturated heterocycles. The van der Waals surface area contributed by atoms with Crippen LogP contribution >= 0.6 is 0 Å². The largest absolute Gasteiger partial charge is 0.478 e. The first-order valence-electron chi connectivity index (χ1n) is 8.00. The van der Waals surface area contributed by atoms with Gasteiger partial charge in [-0.05, 0) is 54.2 Å². The topological polar surface area (TPSA) is 63.1 Å². The van der Waals surface area contributed by atoms with Crippen LogP contribution in [-0.2, 0) is 6.42 Å². The Bertz CT molecular complexity index is 962. The number of hydrogen-bond acceptors (Lipinski definition) is 3. The molecule has 1 aliphatic carbocycles. The number of pyridine rings is 2. The molecular weight excluding hydrogens is 300 g/mol. The molecule has 0 fully saturated rings. The van der Waals surface area contributed by atoms with Gasteiger partial charge in [-0.1, -0.05) is 24.3 Å². The Morgan fingerprint density at radius 1 is 1.12 bits per heavy atom. The van der Waals surface area contributed by atoms with E-state index in [1.165, 1.54) is 0 Å². The minimum Gasteiger partial charge on any atom is -0.478 e. The standard InChI is InChI=1S/C20H16N2O2/c23-20(24)18-15-7-1-2-9-17(15)22-19-14(6-3-8-16(18)19)11-13-5-4-10-21-12-13/h1-2,4-5,7,9-12H,3,6,8H2,(H,23,24). The van der Waals surface area contributed by atoms with Crippen molar-refractivity contribution in [1.29, 1.82) is 0 Å². The number of rotatable bonds is 2. The van der Waals surface area contributed by atoms with Crippen molar-refractivity contribution in [1.82, 2.24) is 9.97 Å². The van der Waals surface area contributed by atoms with E-state index in [-0.39, 0.29) is 0 Å². The number of carboxylic acids is 1. The van der Waals surface area contributed by atoms with Crippen molar-refractivity contribution in [2.75, 3.05) is 0 Å². The molecule has 4 heteroatoms. The molecule has 0 atom stereocenters. The lowest BCUT2D eigenvalue weighted by Gasteiger charge is -2.21. The Morgan fingerprint density at radius 3 is 2.79 bits per heavy atom. The normalized spacial score (nSPS) is 15.4. The molecule has 0 unspecified atom stereocenters. The van der Waals surface area contributed by atoms with E-state index < -0.39 is 5.97 Å². The van der Waals surface area contributed by atoms with Gasteiger partial charge in [0.25, 0.3) is 0 Å². The molecule has 3 aromatic rings. The fraction of sp³-hybridized carbons (Fsp3) is 0.150. The van der Waals surface area contributed by atoms with Crippen LogP contribution in [0.4, 0.5) is 0 Å². The second-order valence-corrected chi connectivity index (χ2v) is 5.95. The number of nitrogens with zero attached hydrogens (tertiary/aromatic N) is 2. The van der Waals surface area contributed by atoms with Crippen molar-refractivity contribution >= 4 is 28.5 Å². The highest BCUT2D eigenvalue weighted by atomic mass is 16.4. The summed E-state index contributed by atoms with van der Waals surface area (Å²) in [5.41, 5.74) is 4.88. The highest BCUT2D eigenvalue weighted by Gasteiger charge is 2.24. The van der Waals surface area contributed by atoms with Crippen molar-refractivity contribution in [2.24, 2.45) is 0 Å². The van der Waals surface area contributed by atoms with Crippen LogP contribution in [0.1, 0.15) is 40.0 Å². The molecule has 0 saturated carbocycles. The van der Waals surface area contributed by atoms with Crippen LogP contribution in [-0.4, -0.2) is 21.0 Å². The van der Waals surface area contributed by atoms with Gasteiger partial charge in [0.2, 0.25) is 0 Å². The molecule has 1 aliphatic rings. The van der Waals surface area contributed by atoms with Gasteiger partial charge in [0, 0.05) is 17.8 Å². The summed E-state index contributed by atoms with van der Waals surface area (Å²) in [6.45, 7) is 0. The first-order chi connectivity index (χ1) is 11.7. The average Bonchev–Trinajstić information content (AvgIpc) is 2.61. The van der Waals surface area contributed by atoms with Gasteiger partial charge in [0.15, 0.2) is 0 Å². The van der Waals surface area contributed by atoms with Crippen LogP contribution in [0.2, 0.25) is 0 Å². The van der Waals surface area contributed by atoms with Gasteiger partial charge in [-0.25, -0.2) is 9.78 Å². The van der Waals surface area contributed by atoms with Crippen molar-refractivity contribution in [2.45, 2.75) is 19.3 Å². The molecular formula is C20H16N2O2. The lowest BCUT2D eigenvalue weighted by Crippen LogP contribution is -2.13. The minimum absolute atomic E-state index is 0.396. The molecule has 1 aromatic carbocycles. The Labute approximate surface area is 139 Å². The molecule has 4 nitrogen and oxygen atoms in total. The summed E-state index contributed by atoms with van der Waals surface area (Å²) in [5.74, 6) is -0.882. The number of aromatic nitrogens is 2. The number of allylic oxidation sites excluding steroid dienone is 1. The van der Waals surface area contributed by atoms with Crippen LogP contribution in [0.15, 0.2) is 48.8 Å². The summed E-state index contributed by atoms with van der Waals surface area (Å²) in [6, 6.07) is 11.3. The number of hydrogen-bond donors (Lipinski definition) is 1. The molecule has 0 spiro atoms. The highest BCUT2D eigenvalue weighted by molar-refractivity contribution is 6.05. The van der Waals surface area contributed by atoms with E-state index >= 15 is 0 Å². The van der Waals surface area contributed by atoms with Crippen LogP contribution in [0.3, 0.4) is 0 Å². The fourth-order valence-corrected chi connectivity index (χ4v) is 3.38. The highest BCUT2D eigenvalue weighted by Crippen LogP contribution is 2.35. The van der Waals surface area contributed by atoms with E-state index in [9.17, 15) is 9.90 Å². The van der Waals surface area contributed by atoms with Crippen LogP contribution in [0, 0.1) is 0 Å². The molecule has 4 rings (SSSR count). The van der Waals surface area contributed by atoms with Gasteiger partial charge < -0.3 is 5.11 Å². The summed E-state index contributed by atoms with van der Waals surface area (Å²) in [7, 11) is 0. The lowest BCUT2D eigenvalue weighted by atomic mass is 9.86. The predicted molar refractivity (Wildman–Crippen MR) is 93.7 cm³/mol. The quantitative estimate of drug-likeness (QED) is 0.769. The van der Waals surface area contributed by atoms with Gasteiger partial charge >= 0.3 is 5.97 Å². The summed E-state index contributed by atoms with van der Waals surface area (Å²) in [6.07, 6.45) is 8.19. The molecule has 0 amide bonds. The number of fused-ring (bicyclic) bond motifs is 2. The van der Waals surface area contributed by atoms with Crippen molar-refractivity contribution in [3.63, 3.8) is 0 Å². The summed E-state index contributed by atoms with van der Waals surface area (Å²) < 4.78 is 0. The van der Waals surface area contributed by atoms with Crippen LogP contribution < -0.4 is 0 Å². The number of carboxylic acid groups (broad SMARTS) is 1. The number of carbonyl (C=O) groups is 1. The molecule has 1 N–H and O–H groups in total. The van der Waals surface area contributed by atoms with Gasteiger partial charge in [-0.3, -0.25) is 4.98 Å². The Morgan fingerprint density at radius 2 is 2.00 bits per heavy atom. The average molecular weight is 316 g/mol. The smallest absolute Gasteiger partial charge is 0.336 e. The second kappa shape index (κ2) is 5.89. The van der Waals surface area contributed by atoms with Crippen LogP contribution in [0.5, 0.6) is 0 Å². The van der Waals surface area contributed by atoms with Crippen molar-refractivity contribution < 1.29 is 9.90 Å². The Kier molecular flexibility index (Phi) is 3.58. The van der Waals surface area contributed by atoms with Gasteiger partial charge in [0.05, 0.1) is 16.8 Å². The van der Waals surface area contributed by atoms with E-state index in [0.717, 1.165) is 47.2 Å². The van der Waals surface area contributed by atoms with E-state index in [1.807, 2.05) is 36.4 Å². The van der Waals surface area contributed by atoms with Crippen molar-refractivity contribution in [3.8, 4) is 0 Å². The van der Waals surface area contributed by atoms with Gasteiger partial charge in [-0.2, -0.15) is 0 Å². The molecule has 0 aliphatic heterocycles. The zero-order chi connectivity index (χ0) is 16.5. The molecule has 2 heterocycles. The van der Waals surface area contributed by atoms with E-state index in [1.54, 1.807) is 12.4 Å². The fourth-order valence-electron chi connectivity index (χ4n) is 3.38. The Balaban J connectivity index is 1.98. The zero-order valence-electron chi connectivity index (χ0n) is 13.1. The Hall–Kier alpha value is -3.01. The maximum Gasteiger partial charge on any atom is 0.336 e. The third-order valence-corrected chi connectivity index (χ3v) is 4.41. The predicted octanol–water partition coefficient (Wildman–Crippen LogP) is 4.20. The van der Waals surface area contributed by atoms with E-state index in [4.69, 9.17) is 4.98 Å². The van der Waals surface area contributed by atoms with Gasteiger partial charge in [0.1, 0.15) is 0 Å². The second-order valence-electron chi connectivity index (χ2n) is 5.95. The van der Waals surface area contributed by atoms with E-state index in [2.05, 4.69) is 11.1 Å². The SMILES string of the molecule is O=C(O)c1c2c(nc3ccccc13)C(=Cc1cccnc1)CCC2. The summed E-state index contributed by atoms with van der Waals surface area (Å²) in [5, 5.41) is 10.5. The maximum absolute atomic E-state index is 11.9. The summed E-state index contributed by atoms with van der Waals surface area (Å²) in [4.78, 5) is 20.8. The third-order valence-electron chi connectivity index (χ3n) is 4.41. The molecule has 0 radical (unpaired) electrons. The first-order valence-corrected chi connectivity index (χ1v) is 8.00. The minimum atomic E-state index is -0.882. The van der Waals surface area contributed by atoms with E-state index in [0.29, 0.717) is 10.9 Å². The first kappa shape index (κ1) is 14.6. The maximum atomic E-state index is 11.9. The molecule has 118 valence electrons. The summed E-state index contributed by atoms with van der Waals surface area (Å²) >= 11 is 0.